The molecule has 5 N–H and O–H groups in total. The molecule has 2 spiro atoms. The van der Waals surface area contributed by atoms with Crippen molar-refractivity contribution in [3.63, 3.8) is 0 Å². The average molecular weight is 619 g/mol. The van der Waals surface area contributed by atoms with E-state index in [1.165, 1.54) is 12.3 Å². The van der Waals surface area contributed by atoms with E-state index in [2.05, 4.69) is 34.8 Å². The quantitative estimate of drug-likeness (QED) is 0.384. The highest BCUT2D eigenvalue weighted by atomic mass is 35.5. The van der Waals surface area contributed by atoms with Crippen LogP contribution in [0.1, 0.15) is 69.4 Å². The van der Waals surface area contributed by atoms with Crippen LogP contribution in [0, 0.1) is 11.2 Å². The van der Waals surface area contributed by atoms with Gasteiger partial charge in [0.1, 0.15) is 11.5 Å². The Morgan fingerprint density at radius 3 is 2.55 bits per heavy atom. The summed E-state index contributed by atoms with van der Waals surface area (Å²) in [7, 11) is 0. The molecule has 9 nitrogen and oxygen atoms in total. The lowest BCUT2D eigenvalue weighted by Crippen LogP contribution is -2.61. The molecule has 3 amide bonds. The van der Waals surface area contributed by atoms with E-state index in [9.17, 15) is 14.4 Å². The topological polar surface area (TPSA) is 135 Å². The van der Waals surface area contributed by atoms with E-state index in [4.69, 9.17) is 33.7 Å². The fraction of sp³-hybridized carbons (Fsp3) is 0.533. The predicted octanol–water partition coefficient (Wildman–Crippen LogP) is 3.96. The van der Waals surface area contributed by atoms with Crippen LogP contribution >= 0.6 is 23.2 Å². The Bertz CT molecular complexity index is 1450. The Balaban J connectivity index is 1.50. The fourth-order valence-corrected chi connectivity index (χ4v) is 8.03. The van der Waals surface area contributed by atoms with Crippen molar-refractivity contribution >= 4 is 46.6 Å². The molecule has 4 heterocycles. The maximum Gasteiger partial charge on any atom is 0.246 e. The lowest BCUT2D eigenvalue weighted by molar-refractivity contribution is -0.134. The molecule has 0 radical (unpaired) electrons. The smallest absolute Gasteiger partial charge is 0.246 e. The molecular formula is C30H34Cl2FN5O4. The number of benzene rings is 1. The van der Waals surface area contributed by atoms with Crippen LogP contribution in [0.3, 0.4) is 0 Å². The molecule has 2 saturated heterocycles. The SMILES string of the molecule is CC1(C)CCC2(CC1)NC(C(=O)NC1CCC(C(N)=O)OC1)C(c1ccnc(Cl)c1F)C21C(=O)Nc2ccc(Cl)cc21. The van der Waals surface area contributed by atoms with Crippen molar-refractivity contribution in [1.29, 1.82) is 0 Å². The van der Waals surface area contributed by atoms with Gasteiger partial charge < -0.3 is 21.1 Å². The summed E-state index contributed by atoms with van der Waals surface area (Å²) >= 11 is 12.7. The van der Waals surface area contributed by atoms with Crippen LogP contribution in [-0.2, 0) is 24.5 Å². The maximum absolute atomic E-state index is 16.0. The number of rotatable bonds is 4. The number of nitrogens with zero attached hydrogens (tertiary/aromatic N) is 1. The number of aromatic nitrogens is 1. The summed E-state index contributed by atoms with van der Waals surface area (Å²) < 4.78 is 21.6. The van der Waals surface area contributed by atoms with E-state index in [0.717, 1.165) is 12.8 Å². The van der Waals surface area contributed by atoms with Crippen molar-refractivity contribution in [3.05, 3.63) is 57.6 Å². The van der Waals surface area contributed by atoms with Gasteiger partial charge in [-0.25, -0.2) is 9.37 Å². The number of anilines is 1. The number of pyridine rings is 1. The highest BCUT2D eigenvalue weighted by molar-refractivity contribution is 6.31. The van der Waals surface area contributed by atoms with Gasteiger partial charge in [0, 0.05) is 28.4 Å². The van der Waals surface area contributed by atoms with E-state index in [1.807, 2.05) is 0 Å². The highest BCUT2D eigenvalue weighted by Crippen LogP contribution is 2.64. The first-order valence-electron chi connectivity index (χ1n) is 14.3. The van der Waals surface area contributed by atoms with Crippen molar-refractivity contribution in [3.8, 4) is 0 Å². The Morgan fingerprint density at radius 1 is 1.14 bits per heavy atom. The number of hydrogen-bond acceptors (Lipinski definition) is 6. The Labute approximate surface area is 253 Å². The number of nitrogens with one attached hydrogen (secondary N) is 3. The molecule has 224 valence electrons. The third-order valence-electron chi connectivity index (χ3n) is 9.89. The third-order valence-corrected chi connectivity index (χ3v) is 10.4. The first kappa shape index (κ1) is 29.3. The van der Waals surface area contributed by atoms with E-state index < -0.39 is 52.7 Å². The molecule has 5 unspecified atom stereocenters. The summed E-state index contributed by atoms with van der Waals surface area (Å²) in [6, 6.07) is 5.30. The van der Waals surface area contributed by atoms with Crippen LogP contribution in [0.25, 0.3) is 0 Å². The number of fused-ring (bicyclic) bond motifs is 3. The second-order valence-electron chi connectivity index (χ2n) is 12.8. The summed E-state index contributed by atoms with van der Waals surface area (Å²) in [4.78, 5) is 44.2. The minimum Gasteiger partial charge on any atom is -0.367 e. The molecule has 42 heavy (non-hydrogen) atoms. The van der Waals surface area contributed by atoms with Crippen LogP contribution in [0.2, 0.25) is 10.2 Å². The van der Waals surface area contributed by atoms with E-state index in [-0.39, 0.29) is 28.6 Å². The monoisotopic (exact) mass is 617 g/mol. The number of ether oxygens (including phenoxy) is 1. The number of primary amides is 1. The van der Waals surface area contributed by atoms with Crippen molar-refractivity contribution in [2.45, 2.75) is 87.4 Å². The predicted molar refractivity (Wildman–Crippen MR) is 156 cm³/mol. The fourth-order valence-electron chi connectivity index (χ4n) is 7.70. The largest absolute Gasteiger partial charge is 0.367 e. The summed E-state index contributed by atoms with van der Waals surface area (Å²) in [6.45, 7) is 4.48. The zero-order valence-corrected chi connectivity index (χ0v) is 24.9. The number of nitrogens with two attached hydrogens (primary N) is 1. The molecule has 12 heteroatoms. The van der Waals surface area contributed by atoms with Crippen molar-refractivity contribution < 1.29 is 23.5 Å². The maximum atomic E-state index is 16.0. The van der Waals surface area contributed by atoms with Gasteiger partial charge in [-0.2, -0.15) is 0 Å². The zero-order chi connectivity index (χ0) is 30.0. The normalized spacial score (nSPS) is 31.1. The molecule has 1 saturated carbocycles. The Morgan fingerprint density at radius 2 is 1.88 bits per heavy atom. The molecule has 6 rings (SSSR count). The van der Waals surface area contributed by atoms with Gasteiger partial charge in [0.15, 0.2) is 11.0 Å². The molecule has 0 bridgehead atoms. The van der Waals surface area contributed by atoms with Gasteiger partial charge in [-0.05, 0) is 79.3 Å². The molecular weight excluding hydrogens is 584 g/mol. The van der Waals surface area contributed by atoms with Crippen molar-refractivity contribution in [2.24, 2.45) is 11.1 Å². The first-order chi connectivity index (χ1) is 19.9. The Kier molecular flexibility index (Phi) is 7.28. The summed E-state index contributed by atoms with van der Waals surface area (Å²) in [5.74, 6) is -3.02. The minimum absolute atomic E-state index is 0.0256. The molecule has 1 aromatic heterocycles. The second-order valence-corrected chi connectivity index (χ2v) is 13.6. The van der Waals surface area contributed by atoms with E-state index in [0.29, 0.717) is 42.0 Å². The zero-order valence-electron chi connectivity index (χ0n) is 23.4. The van der Waals surface area contributed by atoms with Gasteiger partial charge in [0.2, 0.25) is 17.7 Å². The molecule has 3 aliphatic heterocycles. The summed E-state index contributed by atoms with van der Waals surface area (Å²) in [6.07, 6.45) is 4.27. The van der Waals surface area contributed by atoms with Crippen LogP contribution in [0.4, 0.5) is 10.1 Å². The number of amides is 3. The minimum atomic E-state index is -1.38. The molecule has 1 aromatic carbocycles. The lowest BCUT2D eigenvalue weighted by atomic mass is 9.53. The standard InChI is InChI=1S/C30H34Cl2FN5O4/c1-28(2)8-10-29(11-9-28)30(18-13-15(31)3-5-19(18)37-27(30)41)21(17-7-12-35-24(32)22(17)33)23(38-29)26(40)36-16-4-6-20(25(34)39)42-14-16/h3,5,7,12-13,16,20-21,23,38H,4,6,8-11,14H2,1-2H3,(H2,34,39)(H,36,40)(H,37,41). The Hall–Kier alpha value is -2.79. The number of hydrogen-bond donors (Lipinski definition) is 4. The van der Waals surface area contributed by atoms with Gasteiger partial charge in [-0.3, -0.25) is 19.7 Å². The molecule has 5 atom stereocenters. The van der Waals surface area contributed by atoms with Gasteiger partial charge in [-0.1, -0.05) is 37.0 Å². The average Bonchev–Trinajstić information content (AvgIpc) is 3.41. The van der Waals surface area contributed by atoms with Gasteiger partial charge in [0.05, 0.1) is 18.7 Å². The molecule has 3 fully saturated rings. The second kappa shape index (κ2) is 10.4. The van der Waals surface area contributed by atoms with Crippen molar-refractivity contribution in [2.75, 3.05) is 11.9 Å². The van der Waals surface area contributed by atoms with Crippen LogP contribution in [0.5, 0.6) is 0 Å². The van der Waals surface area contributed by atoms with Crippen molar-refractivity contribution in [1.82, 2.24) is 15.6 Å². The van der Waals surface area contributed by atoms with E-state index >= 15 is 4.39 Å². The highest BCUT2D eigenvalue weighted by Gasteiger charge is 2.73. The number of carbonyl (C=O) groups excluding carboxylic acids is 3. The molecule has 1 aliphatic carbocycles. The third kappa shape index (κ3) is 4.49. The van der Waals surface area contributed by atoms with E-state index in [1.54, 1.807) is 18.2 Å². The molecule has 4 aliphatic rings. The van der Waals surface area contributed by atoms with Crippen LogP contribution in [0.15, 0.2) is 30.5 Å². The van der Waals surface area contributed by atoms with Gasteiger partial charge in [-0.15, -0.1) is 0 Å². The first-order valence-corrected chi connectivity index (χ1v) is 15.0. The van der Waals surface area contributed by atoms with Gasteiger partial charge in [0.25, 0.3) is 0 Å². The molecule has 2 aromatic rings. The summed E-state index contributed by atoms with van der Waals surface area (Å²) in [5, 5.41) is 9.79. The number of halogens is 3. The van der Waals surface area contributed by atoms with Gasteiger partial charge >= 0.3 is 0 Å². The number of carbonyl (C=O) groups is 3. The lowest BCUT2D eigenvalue weighted by Gasteiger charge is -2.50. The summed E-state index contributed by atoms with van der Waals surface area (Å²) in [5.41, 5.74) is 4.49. The van der Waals surface area contributed by atoms with Crippen LogP contribution < -0.4 is 21.7 Å². The van der Waals surface area contributed by atoms with Crippen LogP contribution in [-0.4, -0.2) is 53.0 Å².